The maximum Gasteiger partial charge on any atom is 0.434 e. The maximum absolute atomic E-state index is 13.5. The highest BCUT2D eigenvalue weighted by Gasteiger charge is 2.41. The predicted molar refractivity (Wildman–Crippen MR) is 75.3 cm³/mol. The number of nitrogens with zero attached hydrogens (tertiary/aromatic N) is 3. The average molecular weight is 325 g/mol. The molecular weight excluding hydrogens is 311 g/mol. The van der Waals surface area contributed by atoms with E-state index in [1.165, 1.54) is 17.0 Å². The van der Waals surface area contributed by atoms with Gasteiger partial charge in [-0.15, -0.1) is 0 Å². The zero-order chi connectivity index (χ0) is 16.4. The Morgan fingerprint density at radius 3 is 2.39 bits per heavy atom. The fraction of sp³-hybridized carbons (Fsp3) is 0.333. The minimum atomic E-state index is -4.69. The van der Waals surface area contributed by atoms with Crippen LogP contribution >= 0.6 is 0 Å². The number of halogens is 3. The molecule has 23 heavy (non-hydrogen) atoms. The first-order valence-corrected chi connectivity index (χ1v) is 7.06. The first-order valence-electron chi connectivity index (χ1n) is 7.06. The van der Waals surface area contributed by atoms with Gasteiger partial charge in [0.25, 0.3) is 5.91 Å². The molecule has 0 bridgehead atoms. The molecule has 1 aromatic heterocycles. The molecule has 122 valence electrons. The number of aromatic nitrogens is 2. The molecule has 1 aliphatic rings. The minimum Gasteiger partial charge on any atom is -0.378 e. The Labute approximate surface area is 130 Å². The van der Waals surface area contributed by atoms with E-state index in [-0.39, 0.29) is 18.8 Å². The van der Waals surface area contributed by atoms with Crippen LogP contribution in [0.1, 0.15) is 16.1 Å². The molecule has 1 saturated heterocycles. The second-order valence-corrected chi connectivity index (χ2v) is 5.06. The van der Waals surface area contributed by atoms with Crippen LogP contribution in [-0.4, -0.2) is 46.9 Å². The Hall–Kier alpha value is -2.35. The van der Waals surface area contributed by atoms with E-state index < -0.39 is 23.3 Å². The normalized spacial score (nSPS) is 15.7. The zero-order valence-corrected chi connectivity index (χ0v) is 12.1. The van der Waals surface area contributed by atoms with Crippen molar-refractivity contribution in [3.63, 3.8) is 0 Å². The fourth-order valence-corrected chi connectivity index (χ4v) is 2.48. The molecule has 1 aliphatic heterocycles. The lowest BCUT2D eigenvalue weighted by atomic mass is 10.2. The van der Waals surface area contributed by atoms with E-state index in [0.29, 0.717) is 13.2 Å². The molecule has 0 N–H and O–H groups in total. The van der Waals surface area contributed by atoms with Crippen LogP contribution in [0, 0.1) is 0 Å². The number of ether oxygens (including phenoxy) is 1. The summed E-state index contributed by atoms with van der Waals surface area (Å²) in [4.78, 5) is 13.8. The molecule has 0 aliphatic carbocycles. The molecule has 0 spiro atoms. The molecule has 0 radical (unpaired) electrons. The molecule has 1 aromatic carbocycles. The Morgan fingerprint density at radius 1 is 1.13 bits per heavy atom. The van der Waals surface area contributed by atoms with E-state index in [0.717, 1.165) is 10.9 Å². The number of hydrogen-bond donors (Lipinski definition) is 0. The van der Waals surface area contributed by atoms with Crippen LogP contribution in [0.2, 0.25) is 0 Å². The van der Waals surface area contributed by atoms with Crippen molar-refractivity contribution >= 4 is 5.91 Å². The summed E-state index contributed by atoms with van der Waals surface area (Å²) in [6, 6.07) is 7.93. The van der Waals surface area contributed by atoms with Crippen LogP contribution in [0.3, 0.4) is 0 Å². The number of morpholine rings is 1. The smallest absolute Gasteiger partial charge is 0.378 e. The van der Waals surface area contributed by atoms with Crippen LogP contribution in [-0.2, 0) is 10.9 Å². The number of carbonyl (C=O) groups excluding carboxylic acids is 1. The molecule has 0 unspecified atom stereocenters. The van der Waals surface area contributed by atoms with Crippen LogP contribution in [0.4, 0.5) is 13.2 Å². The zero-order valence-electron chi connectivity index (χ0n) is 12.1. The van der Waals surface area contributed by atoms with Crippen molar-refractivity contribution in [2.45, 2.75) is 6.18 Å². The number of alkyl halides is 3. The first kappa shape index (κ1) is 15.5. The summed E-state index contributed by atoms with van der Waals surface area (Å²) in [6.45, 7) is 1.18. The van der Waals surface area contributed by atoms with Gasteiger partial charge in [0.1, 0.15) is 0 Å². The molecule has 0 saturated carbocycles. The maximum atomic E-state index is 13.5. The summed E-state index contributed by atoms with van der Waals surface area (Å²) in [6.07, 6.45) is -3.71. The van der Waals surface area contributed by atoms with Crippen molar-refractivity contribution in [3.05, 3.63) is 47.8 Å². The molecular formula is C15H14F3N3O2. The third-order valence-electron chi connectivity index (χ3n) is 3.57. The molecule has 2 aromatic rings. The average Bonchev–Trinajstić information content (AvgIpc) is 3.01. The van der Waals surface area contributed by atoms with Gasteiger partial charge in [0, 0.05) is 13.1 Å². The molecule has 3 rings (SSSR count). The molecule has 0 atom stereocenters. The van der Waals surface area contributed by atoms with E-state index >= 15 is 0 Å². The van der Waals surface area contributed by atoms with E-state index in [1.807, 2.05) is 0 Å². The summed E-state index contributed by atoms with van der Waals surface area (Å²) in [5.41, 5.74) is -1.25. The molecule has 5 nitrogen and oxygen atoms in total. The van der Waals surface area contributed by atoms with Crippen LogP contribution in [0.5, 0.6) is 0 Å². The largest absolute Gasteiger partial charge is 0.434 e. The van der Waals surface area contributed by atoms with Gasteiger partial charge in [-0.1, -0.05) is 18.2 Å². The summed E-state index contributed by atoms with van der Waals surface area (Å²) in [7, 11) is 0. The number of benzene rings is 1. The summed E-state index contributed by atoms with van der Waals surface area (Å²) in [5, 5.41) is 3.79. The fourth-order valence-electron chi connectivity index (χ4n) is 2.48. The lowest BCUT2D eigenvalue weighted by Gasteiger charge is -2.27. The van der Waals surface area contributed by atoms with Gasteiger partial charge < -0.3 is 9.64 Å². The van der Waals surface area contributed by atoms with Gasteiger partial charge in [-0.05, 0) is 12.1 Å². The lowest BCUT2D eigenvalue weighted by Crippen LogP contribution is -2.41. The molecule has 1 amide bonds. The van der Waals surface area contributed by atoms with Crippen molar-refractivity contribution < 1.29 is 22.7 Å². The van der Waals surface area contributed by atoms with Crippen LogP contribution in [0.25, 0.3) is 5.69 Å². The highest BCUT2D eigenvalue weighted by Crippen LogP contribution is 2.34. The Morgan fingerprint density at radius 2 is 1.78 bits per heavy atom. The van der Waals surface area contributed by atoms with E-state index in [2.05, 4.69) is 5.10 Å². The second kappa shape index (κ2) is 6.04. The topological polar surface area (TPSA) is 47.4 Å². The third-order valence-corrected chi connectivity index (χ3v) is 3.57. The highest BCUT2D eigenvalue weighted by atomic mass is 19.4. The van der Waals surface area contributed by atoms with Gasteiger partial charge in [-0.3, -0.25) is 4.79 Å². The monoisotopic (exact) mass is 325 g/mol. The Balaban J connectivity index is 2.04. The van der Waals surface area contributed by atoms with Gasteiger partial charge >= 0.3 is 6.18 Å². The standard InChI is InChI=1S/C15H14F3N3O2/c16-15(17,18)13-12(14(22)20-6-8-23-9-7-20)10-19-21(13)11-4-2-1-3-5-11/h1-5,10H,6-9H2. The van der Waals surface area contributed by atoms with Gasteiger partial charge in [-0.25, -0.2) is 4.68 Å². The van der Waals surface area contributed by atoms with Crippen molar-refractivity contribution in [1.29, 1.82) is 0 Å². The van der Waals surface area contributed by atoms with Gasteiger partial charge in [0.15, 0.2) is 5.69 Å². The summed E-state index contributed by atoms with van der Waals surface area (Å²) >= 11 is 0. The summed E-state index contributed by atoms with van der Waals surface area (Å²) in [5.74, 6) is -0.678. The first-order chi connectivity index (χ1) is 11.0. The van der Waals surface area contributed by atoms with E-state index in [4.69, 9.17) is 4.74 Å². The molecule has 1 fully saturated rings. The number of para-hydroxylation sites is 1. The molecule has 2 heterocycles. The number of amides is 1. The number of rotatable bonds is 2. The number of carbonyl (C=O) groups is 1. The van der Waals surface area contributed by atoms with Crippen LogP contribution in [0.15, 0.2) is 36.5 Å². The van der Waals surface area contributed by atoms with Crippen LogP contribution < -0.4 is 0 Å². The van der Waals surface area contributed by atoms with Crippen molar-refractivity contribution in [2.75, 3.05) is 26.3 Å². The molecule has 8 heteroatoms. The SMILES string of the molecule is O=C(c1cnn(-c2ccccc2)c1C(F)(F)F)N1CCOCC1. The quantitative estimate of drug-likeness (QED) is 0.852. The lowest BCUT2D eigenvalue weighted by molar-refractivity contribution is -0.143. The van der Waals surface area contributed by atoms with E-state index in [1.54, 1.807) is 18.2 Å². The van der Waals surface area contributed by atoms with Gasteiger partial charge in [0.2, 0.25) is 0 Å². The third kappa shape index (κ3) is 3.07. The van der Waals surface area contributed by atoms with Gasteiger partial charge in [-0.2, -0.15) is 18.3 Å². The summed E-state index contributed by atoms with van der Waals surface area (Å²) < 4.78 is 46.4. The minimum absolute atomic E-state index is 0.251. The van der Waals surface area contributed by atoms with Crippen molar-refractivity contribution in [3.8, 4) is 5.69 Å². The van der Waals surface area contributed by atoms with Crippen molar-refractivity contribution in [2.24, 2.45) is 0 Å². The number of hydrogen-bond acceptors (Lipinski definition) is 3. The van der Waals surface area contributed by atoms with Crippen molar-refractivity contribution in [1.82, 2.24) is 14.7 Å². The Kier molecular flexibility index (Phi) is 4.08. The second-order valence-electron chi connectivity index (χ2n) is 5.06. The van der Waals surface area contributed by atoms with E-state index in [9.17, 15) is 18.0 Å². The predicted octanol–water partition coefficient (Wildman–Crippen LogP) is 2.36. The Bertz CT molecular complexity index is 692. The van der Waals surface area contributed by atoms with Gasteiger partial charge in [0.05, 0.1) is 30.7 Å². The highest BCUT2D eigenvalue weighted by molar-refractivity contribution is 5.95.